The maximum atomic E-state index is 11.7. The highest BCUT2D eigenvalue weighted by Crippen LogP contribution is 2.26. The van der Waals surface area contributed by atoms with Gasteiger partial charge in [-0.2, -0.15) is 0 Å². The van der Waals surface area contributed by atoms with Crippen LogP contribution in [-0.2, 0) is 0 Å². The van der Waals surface area contributed by atoms with Crippen molar-refractivity contribution in [1.29, 1.82) is 0 Å². The molecule has 4 nitrogen and oxygen atoms in total. The zero-order chi connectivity index (χ0) is 12.7. The number of rotatable bonds is 1. The summed E-state index contributed by atoms with van der Waals surface area (Å²) in [5.41, 5.74) is 2.83. The van der Waals surface area contributed by atoms with Gasteiger partial charge in [0, 0.05) is 4.47 Å². The molecule has 1 heterocycles. The Kier molecular flexibility index (Phi) is 2.87. The highest BCUT2D eigenvalue weighted by molar-refractivity contribution is 9.10. The van der Waals surface area contributed by atoms with E-state index in [0.29, 0.717) is 11.4 Å². The number of aromatic hydroxyl groups is 1. The van der Waals surface area contributed by atoms with E-state index in [1.807, 2.05) is 26.0 Å². The Bertz CT molecular complexity index is 617. The van der Waals surface area contributed by atoms with E-state index >= 15 is 0 Å². The molecule has 1 aromatic heterocycles. The quantitative estimate of drug-likeness (QED) is 0.850. The van der Waals surface area contributed by atoms with Gasteiger partial charge in [0.2, 0.25) is 5.88 Å². The molecule has 0 bridgehead atoms. The molecule has 0 unspecified atom stereocenters. The molecule has 0 radical (unpaired) electrons. The maximum absolute atomic E-state index is 11.7. The molecular weight excluding hydrogens is 284 g/mol. The van der Waals surface area contributed by atoms with Gasteiger partial charge in [0.15, 0.2) is 0 Å². The predicted molar refractivity (Wildman–Crippen MR) is 70.0 cm³/mol. The van der Waals surface area contributed by atoms with Crippen molar-refractivity contribution in [1.82, 2.24) is 9.55 Å². The molecule has 0 aliphatic heterocycles. The molecule has 0 saturated heterocycles. The van der Waals surface area contributed by atoms with E-state index in [2.05, 4.69) is 20.9 Å². The van der Waals surface area contributed by atoms with Gasteiger partial charge < -0.3 is 10.1 Å². The average molecular weight is 297 g/mol. The topological polar surface area (TPSA) is 58.0 Å². The number of H-pyrrole nitrogens is 1. The second-order valence-electron chi connectivity index (χ2n) is 4.11. The molecule has 1 aromatic carbocycles. The van der Waals surface area contributed by atoms with E-state index in [4.69, 9.17) is 0 Å². The molecule has 0 amide bonds. The van der Waals surface area contributed by atoms with E-state index in [9.17, 15) is 9.90 Å². The van der Waals surface area contributed by atoms with Gasteiger partial charge >= 0.3 is 5.69 Å². The third-order valence-corrected chi connectivity index (χ3v) is 3.97. The number of aryl methyl sites for hydroxylation is 3. The summed E-state index contributed by atoms with van der Waals surface area (Å²) in [6, 6.07) is 3.71. The van der Waals surface area contributed by atoms with Crippen molar-refractivity contribution in [3.8, 4) is 11.6 Å². The third kappa shape index (κ3) is 1.91. The van der Waals surface area contributed by atoms with Crippen molar-refractivity contribution >= 4 is 15.9 Å². The van der Waals surface area contributed by atoms with Gasteiger partial charge in [-0.05, 0) is 44.0 Å². The molecule has 0 spiro atoms. The lowest BCUT2D eigenvalue weighted by Crippen LogP contribution is -2.14. The minimum atomic E-state index is -0.332. The van der Waals surface area contributed by atoms with Gasteiger partial charge in [-0.15, -0.1) is 0 Å². The van der Waals surface area contributed by atoms with E-state index in [-0.39, 0.29) is 11.6 Å². The van der Waals surface area contributed by atoms with Crippen molar-refractivity contribution in [3.05, 3.63) is 43.9 Å². The first kappa shape index (κ1) is 12.0. The van der Waals surface area contributed by atoms with E-state index < -0.39 is 0 Å². The summed E-state index contributed by atoms with van der Waals surface area (Å²) >= 11 is 3.47. The van der Waals surface area contributed by atoms with Crippen molar-refractivity contribution < 1.29 is 5.11 Å². The van der Waals surface area contributed by atoms with Crippen LogP contribution in [0.4, 0.5) is 0 Å². The van der Waals surface area contributed by atoms with Crippen LogP contribution in [0.1, 0.15) is 16.8 Å². The van der Waals surface area contributed by atoms with Crippen molar-refractivity contribution in [2.75, 3.05) is 0 Å². The second-order valence-corrected chi connectivity index (χ2v) is 4.90. The summed E-state index contributed by atoms with van der Waals surface area (Å²) in [4.78, 5) is 14.3. The molecule has 2 rings (SSSR count). The number of hydrogen-bond donors (Lipinski definition) is 2. The van der Waals surface area contributed by atoms with E-state index in [1.165, 1.54) is 4.57 Å². The van der Waals surface area contributed by atoms with Crippen LogP contribution in [0.2, 0.25) is 0 Å². The fourth-order valence-electron chi connectivity index (χ4n) is 1.83. The van der Waals surface area contributed by atoms with Crippen molar-refractivity contribution in [2.24, 2.45) is 0 Å². The van der Waals surface area contributed by atoms with Crippen LogP contribution in [0.3, 0.4) is 0 Å². The average Bonchev–Trinajstić information content (AvgIpc) is 2.49. The molecule has 2 aromatic rings. The minimum Gasteiger partial charge on any atom is -0.493 e. The first-order chi connectivity index (χ1) is 7.91. The summed E-state index contributed by atoms with van der Waals surface area (Å²) in [7, 11) is 0. The molecular formula is C12H13BrN2O2. The van der Waals surface area contributed by atoms with Gasteiger partial charge in [0.1, 0.15) is 0 Å². The lowest BCUT2D eigenvalue weighted by atomic mass is 10.1. The number of hydrogen-bond acceptors (Lipinski definition) is 2. The number of nitrogens with zero attached hydrogens (tertiary/aromatic N) is 1. The Balaban J connectivity index is 2.73. The Labute approximate surface area is 107 Å². The number of benzene rings is 1. The Morgan fingerprint density at radius 3 is 2.18 bits per heavy atom. The van der Waals surface area contributed by atoms with Gasteiger partial charge in [0.05, 0.1) is 11.4 Å². The molecule has 0 saturated carbocycles. The first-order valence-electron chi connectivity index (χ1n) is 5.19. The SMILES string of the molecule is Cc1cc(-n2c(O)c(C)[nH]c2=O)cc(C)c1Br. The molecule has 0 fully saturated rings. The third-order valence-electron chi connectivity index (χ3n) is 2.72. The van der Waals surface area contributed by atoms with Crippen molar-refractivity contribution in [3.63, 3.8) is 0 Å². The van der Waals surface area contributed by atoms with E-state index in [0.717, 1.165) is 15.6 Å². The zero-order valence-electron chi connectivity index (χ0n) is 9.84. The summed E-state index contributed by atoms with van der Waals surface area (Å²) in [5.74, 6) is -0.0453. The normalized spacial score (nSPS) is 10.8. The summed E-state index contributed by atoms with van der Waals surface area (Å²) in [6.07, 6.45) is 0. The first-order valence-corrected chi connectivity index (χ1v) is 5.99. The molecule has 5 heteroatoms. The summed E-state index contributed by atoms with van der Waals surface area (Å²) < 4.78 is 2.28. The maximum Gasteiger partial charge on any atom is 0.333 e. The van der Waals surface area contributed by atoms with Crippen molar-refractivity contribution in [2.45, 2.75) is 20.8 Å². The lowest BCUT2D eigenvalue weighted by molar-refractivity contribution is 0.437. The van der Waals surface area contributed by atoms with Gasteiger partial charge in [-0.25, -0.2) is 9.36 Å². The molecule has 90 valence electrons. The van der Waals surface area contributed by atoms with Gasteiger partial charge in [0.25, 0.3) is 0 Å². The minimum absolute atomic E-state index is 0.0453. The van der Waals surface area contributed by atoms with Crippen LogP contribution in [0.15, 0.2) is 21.4 Å². The second kappa shape index (κ2) is 4.07. The van der Waals surface area contributed by atoms with Crippen LogP contribution in [0, 0.1) is 20.8 Å². The van der Waals surface area contributed by atoms with Gasteiger partial charge in [-0.3, -0.25) is 0 Å². The number of halogens is 1. The zero-order valence-corrected chi connectivity index (χ0v) is 11.4. The predicted octanol–water partition coefficient (Wildman–Crippen LogP) is 2.56. The monoisotopic (exact) mass is 296 g/mol. The lowest BCUT2D eigenvalue weighted by Gasteiger charge is -2.08. The fourth-order valence-corrected chi connectivity index (χ4v) is 2.06. The molecule has 17 heavy (non-hydrogen) atoms. The number of imidazole rings is 1. The fraction of sp³-hybridized carbons (Fsp3) is 0.250. The van der Waals surface area contributed by atoms with Crippen LogP contribution < -0.4 is 5.69 Å². The van der Waals surface area contributed by atoms with Crippen LogP contribution in [0.25, 0.3) is 5.69 Å². The van der Waals surface area contributed by atoms with Crippen LogP contribution in [-0.4, -0.2) is 14.7 Å². The summed E-state index contributed by atoms with van der Waals surface area (Å²) in [6.45, 7) is 5.55. The standard InChI is InChI=1S/C12H13BrN2O2/c1-6-4-9(5-7(2)10(6)13)15-11(16)8(3)14-12(15)17/h4-5,16H,1-3H3,(H,14,17). The molecule has 0 atom stereocenters. The highest BCUT2D eigenvalue weighted by Gasteiger charge is 2.13. The number of aromatic amines is 1. The van der Waals surface area contributed by atoms with Gasteiger partial charge in [-0.1, -0.05) is 15.9 Å². The molecule has 0 aliphatic carbocycles. The number of aromatic nitrogens is 2. The largest absolute Gasteiger partial charge is 0.493 e. The molecule has 0 aliphatic rings. The van der Waals surface area contributed by atoms with E-state index in [1.54, 1.807) is 6.92 Å². The number of nitrogens with one attached hydrogen (secondary N) is 1. The Hall–Kier alpha value is -1.49. The smallest absolute Gasteiger partial charge is 0.333 e. The Morgan fingerprint density at radius 1 is 1.24 bits per heavy atom. The highest BCUT2D eigenvalue weighted by atomic mass is 79.9. The van der Waals surface area contributed by atoms with Crippen LogP contribution >= 0.6 is 15.9 Å². The molecule has 2 N–H and O–H groups in total. The summed E-state index contributed by atoms with van der Waals surface area (Å²) in [5, 5.41) is 9.84. The Morgan fingerprint density at radius 2 is 1.76 bits per heavy atom. The van der Waals surface area contributed by atoms with Crippen LogP contribution in [0.5, 0.6) is 5.88 Å².